The van der Waals surface area contributed by atoms with Crippen molar-refractivity contribution in [2.24, 2.45) is 22.7 Å². The van der Waals surface area contributed by atoms with Gasteiger partial charge in [0.05, 0.1) is 35.5 Å². The smallest absolute Gasteiger partial charge is 0.318 e. The van der Waals surface area contributed by atoms with E-state index in [0.29, 0.717) is 24.2 Å². The van der Waals surface area contributed by atoms with Gasteiger partial charge in [-0.15, -0.1) is 11.3 Å². The number of hydrogen-bond donors (Lipinski definition) is 5. The maximum atomic E-state index is 13.9. The summed E-state index contributed by atoms with van der Waals surface area (Å²) in [6, 6.07) is 12.8. The summed E-state index contributed by atoms with van der Waals surface area (Å²) in [6.45, 7) is 7.89. The number of amides is 3. The number of nitrogens with one attached hydrogen (secondary N) is 2. The zero-order valence-corrected chi connectivity index (χ0v) is 30.3. The fourth-order valence-electron chi connectivity index (χ4n) is 5.15. The van der Waals surface area contributed by atoms with Crippen molar-refractivity contribution in [3.05, 3.63) is 81.8 Å². The molecule has 2 aromatic carbocycles. The van der Waals surface area contributed by atoms with Crippen LogP contribution in [-0.4, -0.2) is 89.4 Å². The Balaban J connectivity index is 1.86. The first-order chi connectivity index (χ1) is 23.3. The van der Waals surface area contributed by atoms with E-state index in [0.717, 1.165) is 10.6 Å². The van der Waals surface area contributed by atoms with Gasteiger partial charge in [-0.2, -0.15) is 4.31 Å². The number of benzene rings is 2. The fraction of sp³-hybridized carbons (Fsp3) is 0.471. The number of hydrogen-bond acceptors (Lipinski definition) is 10. The molecule has 13 nitrogen and oxygen atoms in total. The summed E-state index contributed by atoms with van der Waals surface area (Å²) in [6.07, 6.45) is 0.682. The number of aliphatic hydroxyl groups excluding tert-OH is 1. The van der Waals surface area contributed by atoms with E-state index in [9.17, 15) is 23.1 Å². The van der Waals surface area contributed by atoms with Crippen LogP contribution in [0.2, 0.25) is 0 Å². The van der Waals surface area contributed by atoms with Gasteiger partial charge < -0.3 is 31.6 Å². The average molecular weight is 716 g/mol. The molecule has 0 aliphatic rings. The zero-order valence-electron chi connectivity index (χ0n) is 28.7. The Morgan fingerprint density at radius 2 is 1.73 bits per heavy atom. The van der Waals surface area contributed by atoms with Crippen molar-refractivity contribution in [2.75, 3.05) is 20.1 Å². The number of nitrogens with two attached hydrogens (primary N) is 1. The topological polar surface area (TPSA) is 191 Å². The molecule has 49 heavy (non-hydrogen) atoms. The highest BCUT2D eigenvalue weighted by Gasteiger charge is 2.34. The largest absolute Gasteiger partial charge is 0.411 e. The van der Waals surface area contributed by atoms with E-state index in [4.69, 9.17) is 10.9 Å². The summed E-state index contributed by atoms with van der Waals surface area (Å²) in [5.41, 5.74) is 7.70. The Morgan fingerprint density at radius 3 is 2.31 bits per heavy atom. The highest BCUT2D eigenvalue weighted by molar-refractivity contribution is 7.89. The first-order valence-corrected chi connectivity index (χ1v) is 18.6. The monoisotopic (exact) mass is 715 g/mol. The minimum atomic E-state index is -4.06. The molecule has 0 spiro atoms. The second-order valence-electron chi connectivity index (χ2n) is 12.5. The Morgan fingerprint density at radius 1 is 1.06 bits per heavy atom. The first kappa shape index (κ1) is 39.5. The number of carbonyl (C=O) groups excluding carboxylic acids is 2. The molecule has 1 heterocycles. The predicted octanol–water partition coefficient (Wildman–Crippen LogP) is 3.40. The van der Waals surface area contributed by atoms with Gasteiger partial charge in [0.15, 0.2) is 0 Å². The van der Waals surface area contributed by atoms with E-state index in [-0.39, 0.29) is 42.8 Å². The van der Waals surface area contributed by atoms with Crippen LogP contribution in [0.15, 0.2) is 70.0 Å². The molecule has 268 valence electrons. The van der Waals surface area contributed by atoms with E-state index < -0.39 is 40.1 Å². The Labute approximate surface area is 293 Å². The van der Waals surface area contributed by atoms with Crippen LogP contribution in [0.1, 0.15) is 55.9 Å². The van der Waals surface area contributed by atoms with Crippen LogP contribution >= 0.6 is 11.3 Å². The van der Waals surface area contributed by atoms with Crippen molar-refractivity contribution in [2.45, 2.75) is 76.7 Å². The number of sulfonamides is 1. The number of urea groups is 1. The van der Waals surface area contributed by atoms with Crippen LogP contribution in [0.4, 0.5) is 4.79 Å². The number of oxime groups is 1. The Bertz CT molecular complexity index is 1620. The molecule has 0 radical (unpaired) electrons. The Hall–Kier alpha value is -3.89. The van der Waals surface area contributed by atoms with Crippen LogP contribution in [-0.2, 0) is 34.3 Å². The third-order valence-electron chi connectivity index (χ3n) is 8.07. The van der Waals surface area contributed by atoms with Gasteiger partial charge in [-0.05, 0) is 41.5 Å². The van der Waals surface area contributed by atoms with E-state index in [2.05, 4.69) is 20.8 Å². The zero-order chi connectivity index (χ0) is 36.1. The summed E-state index contributed by atoms with van der Waals surface area (Å²) in [5.74, 6) is -0.820. The second kappa shape index (κ2) is 18.8. The maximum absolute atomic E-state index is 13.9. The van der Waals surface area contributed by atoms with E-state index >= 15 is 0 Å². The van der Waals surface area contributed by atoms with Crippen molar-refractivity contribution in [1.29, 1.82) is 0 Å². The standard InChI is InChI=1S/C34H49N7O6S2/c1-6-24(4)32(39-34(44)40(5)20-27-22-48-31(17-35)37-27)33(43)38-29(16-25-10-8-7-9-11-25)30(42)21-41(19-23(2)3)49(46,47)28-14-12-26(13-15-28)18-36-45/h7-15,18,22-24,29-30,32,42,45H,6,16-17,19-21,35H2,1-5H3,(H,38,43)(H,39,44)/b36-18+/t24-,29-,30?,32+/m0/s1. The summed E-state index contributed by atoms with van der Waals surface area (Å²) >= 11 is 1.41. The number of carbonyl (C=O) groups is 2. The molecule has 0 bridgehead atoms. The third-order valence-corrected chi connectivity index (χ3v) is 10.8. The van der Waals surface area contributed by atoms with E-state index in [1.54, 1.807) is 7.05 Å². The second-order valence-corrected chi connectivity index (χ2v) is 15.4. The van der Waals surface area contributed by atoms with Crippen molar-refractivity contribution in [3.8, 4) is 0 Å². The molecule has 1 aromatic heterocycles. The van der Waals surface area contributed by atoms with E-state index in [1.165, 1.54) is 51.0 Å². The number of thiazole rings is 1. The molecule has 0 aliphatic heterocycles. The maximum Gasteiger partial charge on any atom is 0.318 e. The van der Waals surface area contributed by atoms with Crippen LogP contribution in [0.25, 0.3) is 0 Å². The quantitative estimate of drug-likeness (QED) is 0.0752. The van der Waals surface area contributed by atoms with Gasteiger partial charge in [-0.25, -0.2) is 18.2 Å². The van der Waals surface area contributed by atoms with Gasteiger partial charge in [-0.1, -0.05) is 81.7 Å². The fourth-order valence-corrected chi connectivity index (χ4v) is 7.44. The van der Waals surface area contributed by atoms with Gasteiger partial charge in [0.1, 0.15) is 11.0 Å². The Kier molecular flexibility index (Phi) is 15.1. The van der Waals surface area contributed by atoms with Crippen LogP contribution in [0.5, 0.6) is 0 Å². The lowest BCUT2D eigenvalue weighted by atomic mass is 9.96. The minimum absolute atomic E-state index is 0.0136. The molecule has 3 aromatic rings. The SMILES string of the molecule is CC[C@H](C)[C@@H](NC(=O)N(C)Cc1csc(CN)n1)C(=O)N[C@@H](Cc1ccccc1)C(O)CN(CC(C)C)S(=O)(=O)c1ccc(/C=N/O)cc1. The molecule has 3 rings (SSSR count). The summed E-state index contributed by atoms with van der Waals surface area (Å²) < 4.78 is 28.9. The molecule has 0 fully saturated rings. The van der Waals surface area contributed by atoms with Crippen molar-refractivity contribution < 1.29 is 28.3 Å². The third kappa shape index (κ3) is 11.6. The molecule has 0 saturated heterocycles. The van der Waals surface area contributed by atoms with Gasteiger partial charge in [-0.3, -0.25) is 4.79 Å². The van der Waals surface area contributed by atoms with Gasteiger partial charge in [0.25, 0.3) is 0 Å². The molecular weight excluding hydrogens is 667 g/mol. The molecule has 3 amide bonds. The van der Waals surface area contributed by atoms with Crippen LogP contribution in [0, 0.1) is 11.8 Å². The molecule has 6 N–H and O–H groups in total. The minimum Gasteiger partial charge on any atom is -0.411 e. The first-order valence-electron chi connectivity index (χ1n) is 16.2. The number of nitrogens with zero attached hydrogens (tertiary/aromatic N) is 4. The molecular formula is C34H49N7O6S2. The lowest BCUT2D eigenvalue weighted by Gasteiger charge is -2.33. The number of aromatic nitrogens is 1. The van der Waals surface area contributed by atoms with Crippen molar-refractivity contribution >= 4 is 39.5 Å². The predicted molar refractivity (Wildman–Crippen MR) is 191 cm³/mol. The highest BCUT2D eigenvalue weighted by atomic mass is 32.2. The number of aliphatic hydroxyl groups is 1. The molecule has 0 saturated carbocycles. The van der Waals surface area contributed by atoms with Crippen molar-refractivity contribution in [3.63, 3.8) is 0 Å². The molecule has 15 heteroatoms. The summed E-state index contributed by atoms with van der Waals surface area (Å²) in [4.78, 5) is 33.1. The van der Waals surface area contributed by atoms with Gasteiger partial charge in [0.2, 0.25) is 15.9 Å². The lowest BCUT2D eigenvalue weighted by molar-refractivity contribution is -0.125. The molecule has 1 unspecified atom stereocenters. The summed E-state index contributed by atoms with van der Waals surface area (Å²) in [5, 5.41) is 31.9. The molecule has 0 aliphatic carbocycles. The molecule has 4 atom stereocenters. The van der Waals surface area contributed by atoms with Gasteiger partial charge >= 0.3 is 6.03 Å². The lowest BCUT2D eigenvalue weighted by Crippen LogP contribution is -2.58. The summed E-state index contributed by atoms with van der Waals surface area (Å²) in [7, 11) is -2.45. The highest BCUT2D eigenvalue weighted by Crippen LogP contribution is 2.20. The normalized spacial score (nSPS) is 14.5. The van der Waals surface area contributed by atoms with Crippen molar-refractivity contribution in [1.82, 2.24) is 24.8 Å². The van der Waals surface area contributed by atoms with Crippen LogP contribution < -0.4 is 16.4 Å². The van der Waals surface area contributed by atoms with Gasteiger partial charge in [0, 0.05) is 32.1 Å². The number of rotatable bonds is 18. The van der Waals surface area contributed by atoms with E-state index in [1.807, 2.05) is 63.4 Å². The van der Waals surface area contributed by atoms with Crippen LogP contribution in [0.3, 0.4) is 0 Å². The average Bonchev–Trinajstić information content (AvgIpc) is 3.54.